The quantitative estimate of drug-likeness (QED) is 0.671. The van der Waals surface area contributed by atoms with Crippen molar-refractivity contribution in [3.8, 4) is 0 Å². The van der Waals surface area contributed by atoms with E-state index in [9.17, 15) is 9.59 Å². The number of hydrogen-bond acceptors (Lipinski definition) is 3. The molecule has 1 saturated heterocycles. The van der Waals surface area contributed by atoms with Gasteiger partial charge in [0.25, 0.3) is 0 Å². The molecule has 0 aromatic rings. The van der Waals surface area contributed by atoms with E-state index in [1.807, 2.05) is 0 Å². The summed E-state index contributed by atoms with van der Waals surface area (Å²) in [6.45, 7) is 1.49. The molecule has 2 aliphatic rings. The Balaban J connectivity index is 1.87. The van der Waals surface area contributed by atoms with Gasteiger partial charge in [-0.15, -0.1) is 0 Å². The van der Waals surface area contributed by atoms with Crippen molar-refractivity contribution in [3.05, 3.63) is 0 Å². The van der Waals surface area contributed by atoms with E-state index in [-0.39, 0.29) is 11.9 Å². The van der Waals surface area contributed by atoms with Crippen LogP contribution >= 0.6 is 0 Å². The highest BCUT2D eigenvalue weighted by Crippen LogP contribution is 2.33. The summed E-state index contributed by atoms with van der Waals surface area (Å²) in [5, 5.41) is 14.6. The van der Waals surface area contributed by atoms with Gasteiger partial charge in [0.15, 0.2) is 0 Å². The summed E-state index contributed by atoms with van der Waals surface area (Å²) < 4.78 is 0. The lowest BCUT2D eigenvalue weighted by atomic mass is 9.85. The highest BCUT2D eigenvalue weighted by molar-refractivity contribution is 5.87. The normalized spacial score (nSPS) is 33.8. The van der Waals surface area contributed by atoms with Crippen LogP contribution in [0.3, 0.4) is 0 Å². The molecule has 1 amide bonds. The summed E-state index contributed by atoms with van der Waals surface area (Å²) in [5.41, 5.74) is 0. The molecular weight excluding hydrogens is 220 g/mol. The number of fused-ring (bicyclic) bond motifs is 1. The molecule has 2 rings (SSSR count). The van der Waals surface area contributed by atoms with Crippen molar-refractivity contribution in [2.75, 3.05) is 0 Å². The first kappa shape index (κ1) is 12.4. The third-order valence-corrected chi connectivity index (χ3v) is 3.91. The Morgan fingerprint density at radius 3 is 2.71 bits per heavy atom. The molecule has 2 fully saturated rings. The lowest BCUT2D eigenvalue weighted by Crippen LogP contribution is -2.48. The fourth-order valence-electron chi connectivity index (χ4n) is 2.90. The molecule has 17 heavy (non-hydrogen) atoms. The van der Waals surface area contributed by atoms with Crippen molar-refractivity contribution < 1.29 is 14.7 Å². The first-order chi connectivity index (χ1) is 8.08. The lowest BCUT2D eigenvalue weighted by Gasteiger charge is -2.24. The second-order valence-electron chi connectivity index (χ2n) is 5.17. The van der Waals surface area contributed by atoms with Gasteiger partial charge >= 0.3 is 5.97 Å². The van der Waals surface area contributed by atoms with E-state index in [4.69, 9.17) is 5.11 Å². The molecule has 4 atom stereocenters. The molecule has 1 aliphatic heterocycles. The molecule has 3 unspecified atom stereocenters. The fourth-order valence-corrected chi connectivity index (χ4v) is 2.90. The molecule has 0 bridgehead atoms. The van der Waals surface area contributed by atoms with E-state index in [1.54, 1.807) is 0 Å². The van der Waals surface area contributed by atoms with Crippen molar-refractivity contribution in [2.45, 2.75) is 57.2 Å². The summed E-state index contributed by atoms with van der Waals surface area (Å²) in [5.74, 6) is -0.567. The predicted octanol–water partition coefficient (Wildman–Crippen LogP) is 0.496. The molecule has 1 saturated carbocycles. The van der Waals surface area contributed by atoms with Crippen molar-refractivity contribution in [2.24, 2.45) is 5.92 Å². The summed E-state index contributed by atoms with van der Waals surface area (Å²) in [6, 6.07) is -0.559. The van der Waals surface area contributed by atoms with Gasteiger partial charge in [0.2, 0.25) is 5.91 Å². The highest BCUT2D eigenvalue weighted by atomic mass is 16.4. The average molecular weight is 240 g/mol. The first-order valence-electron chi connectivity index (χ1n) is 6.37. The van der Waals surface area contributed by atoms with Gasteiger partial charge in [-0.1, -0.05) is 12.8 Å². The van der Waals surface area contributed by atoms with Gasteiger partial charge in [-0.3, -0.25) is 9.59 Å². The largest absolute Gasteiger partial charge is 0.480 e. The molecule has 1 aliphatic carbocycles. The third kappa shape index (κ3) is 2.77. The maximum Gasteiger partial charge on any atom is 0.325 e. The van der Waals surface area contributed by atoms with Gasteiger partial charge in [-0.05, 0) is 32.1 Å². The summed E-state index contributed by atoms with van der Waals surface area (Å²) in [4.78, 5) is 22.5. The number of carbonyl (C=O) groups is 2. The van der Waals surface area contributed by atoms with Crippen molar-refractivity contribution in [3.63, 3.8) is 0 Å². The Bertz CT molecular complexity index is 305. The summed E-state index contributed by atoms with van der Waals surface area (Å²) in [7, 11) is 0. The zero-order chi connectivity index (χ0) is 12.4. The monoisotopic (exact) mass is 240 g/mol. The minimum Gasteiger partial charge on any atom is -0.480 e. The fraction of sp³-hybridized carbons (Fsp3) is 0.833. The van der Waals surface area contributed by atoms with Crippen LogP contribution in [-0.4, -0.2) is 35.1 Å². The van der Waals surface area contributed by atoms with Gasteiger partial charge in [0, 0.05) is 6.04 Å². The van der Waals surface area contributed by atoms with Gasteiger partial charge in [0.1, 0.15) is 6.04 Å². The Hall–Kier alpha value is -1.10. The number of rotatable bonds is 3. The van der Waals surface area contributed by atoms with Gasteiger partial charge in [-0.2, -0.15) is 0 Å². The van der Waals surface area contributed by atoms with Crippen LogP contribution in [-0.2, 0) is 9.59 Å². The van der Waals surface area contributed by atoms with Gasteiger partial charge in [0.05, 0.1) is 6.04 Å². The Labute approximate surface area is 101 Å². The second kappa shape index (κ2) is 5.04. The van der Waals surface area contributed by atoms with Crippen LogP contribution in [0.5, 0.6) is 0 Å². The smallest absolute Gasteiger partial charge is 0.325 e. The van der Waals surface area contributed by atoms with Crippen molar-refractivity contribution >= 4 is 11.9 Å². The van der Waals surface area contributed by atoms with Crippen LogP contribution in [0.2, 0.25) is 0 Å². The van der Waals surface area contributed by atoms with Crippen LogP contribution in [0.25, 0.3) is 0 Å². The Morgan fingerprint density at radius 2 is 2.06 bits per heavy atom. The first-order valence-corrected chi connectivity index (χ1v) is 6.37. The number of carboxylic acid groups (broad SMARTS) is 1. The van der Waals surface area contributed by atoms with E-state index in [1.165, 1.54) is 26.2 Å². The molecule has 0 radical (unpaired) electrons. The topological polar surface area (TPSA) is 78.4 Å². The number of aliphatic carboxylic acids is 1. The third-order valence-electron chi connectivity index (χ3n) is 3.91. The summed E-state index contributed by atoms with van der Waals surface area (Å²) in [6.07, 6.45) is 5.67. The second-order valence-corrected chi connectivity index (χ2v) is 5.17. The highest BCUT2D eigenvalue weighted by Gasteiger charge is 2.38. The van der Waals surface area contributed by atoms with Crippen LogP contribution in [0.4, 0.5) is 0 Å². The van der Waals surface area contributed by atoms with E-state index >= 15 is 0 Å². The SMILES string of the molecule is C[C@@H](NC(=O)C1CC2CCCCC2N1)C(=O)O. The zero-order valence-corrected chi connectivity index (χ0v) is 10.1. The minimum atomic E-state index is -0.992. The van der Waals surface area contributed by atoms with Crippen LogP contribution in [0.1, 0.15) is 39.0 Å². The van der Waals surface area contributed by atoms with Crippen LogP contribution < -0.4 is 10.6 Å². The number of amides is 1. The molecule has 5 nitrogen and oxygen atoms in total. The number of carbonyl (C=O) groups excluding carboxylic acids is 1. The molecular formula is C12H20N2O3. The van der Waals surface area contributed by atoms with Crippen molar-refractivity contribution in [1.82, 2.24) is 10.6 Å². The summed E-state index contributed by atoms with van der Waals surface area (Å²) >= 11 is 0. The molecule has 0 aromatic carbocycles. The molecule has 0 spiro atoms. The lowest BCUT2D eigenvalue weighted by molar-refractivity contribution is -0.141. The predicted molar refractivity (Wildman–Crippen MR) is 62.5 cm³/mol. The molecule has 0 aromatic heterocycles. The van der Waals surface area contributed by atoms with E-state index in [2.05, 4.69) is 10.6 Å². The van der Waals surface area contributed by atoms with Crippen LogP contribution in [0, 0.1) is 5.92 Å². The number of nitrogens with one attached hydrogen (secondary N) is 2. The molecule has 5 heteroatoms. The number of hydrogen-bond donors (Lipinski definition) is 3. The van der Waals surface area contributed by atoms with E-state index < -0.39 is 12.0 Å². The molecule has 3 N–H and O–H groups in total. The van der Waals surface area contributed by atoms with E-state index in [0.717, 1.165) is 12.8 Å². The zero-order valence-electron chi connectivity index (χ0n) is 10.1. The Kier molecular flexibility index (Phi) is 3.66. The maximum atomic E-state index is 11.9. The molecule has 1 heterocycles. The molecule has 96 valence electrons. The van der Waals surface area contributed by atoms with E-state index in [0.29, 0.717) is 12.0 Å². The van der Waals surface area contributed by atoms with Gasteiger partial charge < -0.3 is 15.7 Å². The average Bonchev–Trinajstić information content (AvgIpc) is 2.72. The van der Waals surface area contributed by atoms with Gasteiger partial charge in [-0.25, -0.2) is 0 Å². The standard InChI is InChI=1S/C12H20N2O3/c1-7(12(16)17)13-11(15)10-6-8-4-2-3-5-9(8)14-10/h7-10,14H,2-6H2,1H3,(H,13,15)(H,16,17)/t7-,8?,9?,10?/m1/s1. The Morgan fingerprint density at radius 1 is 1.35 bits per heavy atom. The van der Waals surface area contributed by atoms with Crippen LogP contribution in [0.15, 0.2) is 0 Å². The van der Waals surface area contributed by atoms with Crippen molar-refractivity contribution in [1.29, 1.82) is 0 Å². The maximum absolute atomic E-state index is 11.9. The number of carboxylic acids is 1. The minimum absolute atomic E-state index is 0.172.